The van der Waals surface area contributed by atoms with Crippen molar-refractivity contribution in [2.24, 2.45) is 0 Å². The number of hydrogen-bond acceptors (Lipinski definition) is 5. The average molecular weight is 384 g/mol. The molecule has 0 amide bonds. The molecule has 0 bridgehead atoms. The Balaban J connectivity index is 2.99. The molecular weight excluding hydrogens is 369 g/mol. The van der Waals surface area contributed by atoms with Gasteiger partial charge in [0.1, 0.15) is 0 Å². The van der Waals surface area contributed by atoms with E-state index in [4.69, 9.17) is 27.9 Å². The highest BCUT2D eigenvalue weighted by Gasteiger charge is 2.29. The second-order valence-corrected chi connectivity index (χ2v) is 5.84. The van der Waals surface area contributed by atoms with Gasteiger partial charge in [0, 0.05) is 11.1 Å². The van der Waals surface area contributed by atoms with Crippen molar-refractivity contribution in [1.29, 1.82) is 0 Å². The summed E-state index contributed by atoms with van der Waals surface area (Å²) in [5, 5.41) is 19.5. The van der Waals surface area contributed by atoms with Crippen molar-refractivity contribution in [2.45, 2.75) is 20.5 Å². The lowest BCUT2D eigenvalue weighted by Gasteiger charge is -2.18. The van der Waals surface area contributed by atoms with Gasteiger partial charge in [0.05, 0.1) is 45.8 Å². The van der Waals surface area contributed by atoms with E-state index in [9.17, 15) is 19.8 Å². The van der Waals surface area contributed by atoms with Crippen LogP contribution in [0.5, 0.6) is 0 Å². The van der Waals surface area contributed by atoms with Crippen LogP contribution in [0, 0.1) is 6.92 Å². The fourth-order valence-corrected chi connectivity index (χ4v) is 2.92. The van der Waals surface area contributed by atoms with Crippen molar-refractivity contribution < 1.29 is 24.5 Å². The molecule has 1 heterocycles. The molecule has 2 N–H and O–H groups in total. The summed E-state index contributed by atoms with van der Waals surface area (Å²) in [6, 6.07) is 4.66. The Labute approximate surface area is 154 Å². The summed E-state index contributed by atoms with van der Waals surface area (Å²) >= 11 is 12.3. The van der Waals surface area contributed by atoms with Crippen LogP contribution in [0.1, 0.15) is 39.0 Å². The van der Waals surface area contributed by atoms with Gasteiger partial charge in [0.15, 0.2) is 0 Å². The minimum Gasteiger partial charge on any atom is -0.478 e. The van der Waals surface area contributed by atoms with Gasteiger partial charge in [-0.25, -0.2) is 9.59 Å². The molecule has 2 rings (SSSR count). The summed E-state index contributed by atoms with van der Waals surface area (Å²) in [6.45, 7) is 2.65. The smallest absolute Gasteiger partial charge is 0.340 e. The predicted octanol–water partition coefficient (Wildman–Crippen LogP) is 3.73. The molecule has 0 radical (unpaired) electrons. The van der Waals surface area contributed by atoms with E-state index in [2.05, 4.69) is 4.98 Å². The van der Waals surface area contributed by atoms with Crippen molar-refractivity contribution in [3.63, 3.8) is 0 Å². The van der Waals surface area contributed by atoms with E-state index < -0.39 is 18.5 Å². The van der Waals surface area contributed by atoms with Crippen LogP contribution in [0.15, 0.2) is 18.2 Å². The molecule has 0 saturated carbocycles. The molecule has 0 saturated heterocycles. The molecule has 1 aromatic heterocycles. The first-order valence-electron chi connectivity index (χ1n) is 7.32. The minimum atomic E-state index is -1.35. The molecule has 6 nitrogen and oxygen atoms in total. The summed E-state index contributed by atoms with van der Waals surface area (Å²) in [6.07, 6.45) is 0. The van der Waals surface area contributed by atoms with Crippen LogP contribution in [0.3, 0.4) is 0 Å². The number of carboxylic acid groups (broad SMARTS) is 1. The Kier molecular flexibility index (Phi) is 6.00. The molecule has 0 fully saturated rings. The third-order valence-electron chi connectivity index (χ3n) is 3.52. The maximum Gasteiger partial charge on any atom is 0.340 e. The van der Waals surface area contributed by atoms with Crippen molar-refractivity contribution in [1.82, 2.24) is 4.98 Å². The summed E-state index contributed by atoms with van der Waals surface area (Å²) in [5.41, 5.74) is 0.0633. The van der Waals surface area contributed by atoms with Gasteiger partial charge in [-0.1, -0.05) is 35.3 Å². The number of nitrogens with zero attached hydrogens (tertiary/aromatic N) is 1. The maximum absolute atomic E-state index is 12.4. The van der Waals surface area contributed by atoms with Gasteiger partial charge in [-0.3, -0.25) is 4.98 Å². The van der Waals surface area contributed by atoms with Crippen molar-refractivity contribution in [2.75, 3.05) is 6.61 Å². The number of aliphatic hydroxyl groups is 1. The minimum absolute atomic E-state index is 0.0231. The van der Waals surface area contributed by atoms with Gasteiger partial charge < -0.3 is 14.9 Å². The lowest BCUT2D eigenvalue weighted by molar-refractivity contribution is 0.0525. The third-order valence-corrected chi connectivity index (χ3v) is 4.34. The number of carbonyl (C=O) groups excluding carboxylic acids is 1. The SMILES string of the molecule is CCOC(=O)c1c(C)nc(CO)c(C(=O)O)c1-c1cccc(Cl)c1Cl. The number of benzene rings is 1. The molecule has 0 aliphatic heterocycles. The highest BCUT2D eigenvalue weighted by molar-refractivity contribution is 6.44. The van der Waals surface area contributed by atoms with E-state index in [0.717, 1.165) is 0 Å². The maximum atomic E-state index is 12.4. The summed E-state index contributed by atoms with van der Waals surface area (Å²) in [7, 11) is 0. The quantitative estimate of drug-likeness (QED) is 0.763. The van der Waals surface area contributed by atoms with E-state index in [1.54, 1.807) is 25.1 Å². The number of carbonyl (C=O) groups is 2. The van der Waals surface area contributed by atoms with Crippen molar-refractivity contribution >= 4 is 35.1 Å². The number of rotatable bonds is 5. The van der Waals surface area contributed by atoms with Crippen LogP contribution in [0.4, 0.5) is 0 Å². The summed E-state index contributed by atoms with van der Waals surface area (Å²) in [5.74, 6) is -2.08. The summed E-state index contributed by atoms with van der Waals surface area (Å²) < 4.78 is 5.04. The molecule has 0 unspecified atom stereocenters. The van der Waals surface area contributed by atoms with Crippen LogP contribution >= 0.6 is 23.2 Å². The molecule has 0 atom stereocenters. The Morgan fingerprint density at radius 2 is 1.92 bits per heavy atom. The summed E-state index contributed by atoms with van der Waals surface area (Å²) in [4.78, 5) is 28.3. The van der Waals surface area contributed by atoms with Crippen LogP contribution in [-0.4, -0.2) is 33.7 Å². The highest BCUT2D eigenvalue weighted by atomic mass is 35.5. The van der Waals surface area contributed by atoms with Crippen molar-refractivity contribution in [3.8, 4) is 11.1 Å². The number of carboxylic acids is 1. The van der Waals surface area contributed by atoms with Gasteiger partial charge in [-0.05, 0) is 19.9 Å². The first kappa shape index (κ1) is 19.2. The number of aromatic carboxylic acids is 1. The van der Waals surface area contributed by atoms with Crippen LogP contribution in [0.25, 0.3) is 11.1 Å². The lowest BCUT2D eigenvalue weighted by Crippen LogP contribution is -2.17. The van der Waals surface area contributed by atoms with E-state index in [-0.39, 0.29) is 50.3 Å². The van der Waals surface area contributed by atoms with E-state index in [1.165, 1.54) is 6.92 Å². The van der Waals surface area contributed by atoms with Crippen molar-refractivity contribution in [3.05, 3.63) is 50.8 Å². The largest absolute Gasteiger partial charge is 0.478 e. The Hall–Kier alpha value is -2.15. The second kappa shape index (κ2) is 7.82. The zero-order valence-corrected chi connectivity index (χ0v) is 15.0. The Morgan fingerprint density at radius 3 is 2.48 bits per heavy atom. The molecule has 25 heavy (non-hydrogen) atoms. The monoisotopic (exact) mass is 383 g/mol. The molecule has 132 valence electrons. The van der Waals surface area contributed by atoms with E-state index >= 15 is 0 Å². The first-order chi connectivity index (χ1) is 11.8. The number of aromatic nitrogens is 1. The Morgan fingerprint density at radius 1 is 1.24 bits per heavy atom. The zero-order valence-electron chi connectivity index (χ0n) is 13.5. The van der Waals surface area contributed by atoms with Gasteiger partial charge in [-0.15, -0.1) is 0 Å². The number of esters is 1. The fourth-order valence-electron chi connectivity index (χ4n) is 2.53. The van der Waals surface area contributed by atoms with E-state index in [0.29, 0.717) is 0 Å². The zero-order chi connectivity index (χ0) is 18.7. The number of aliphatic hydroxyl groups excluding tert-OH is 1. The molecule has 2 aromatic rings. The number of hydrogen-bond donors (Lipinski definition) is 2. The molecular formula is C17H15Cl2NO5. The number of halogens is 2. The molecule has 8 heteroatoms. The standard InChI is InChI=1S/C17H15Cl2NO5/c1-3-25-17(24)12-8(2)20-11(7-21)14(16(22)23)13(12)9-5-4-6-10(18)15(9)19/h4-6,21H,3,7H2,1-2H3,(H,22,23). The fraction of sp³-hybridized carbons (Fsp3) is 0.235. The number of aryl methyl sites for hydroxylation is 1. The first-order valence-corrected chi connectivity index (χ1v) is 8.08. The van der Waals surface area contributed by atoms with Gasteiger partial charge in [0.25, 0.3) is 0 Å². The normalized spacial score (nSPS) is 10.6. The average Bonchev–Trinajstić information content (AvgIpc) is 2.56. The van der Waals surface area contributed by atoms with Gasteiger partial charge in [0.2, 0.25) is 0 Å². The van der Waals surface area contributed by atoms with Crippen LogP contribution in [0.2, 0.25) is 10.0 Å². The van der Waals surface area contributed by atoms with Gasteiger partial charge >= 0.3 is 11.9 Å². The molecule has 0 aliphatic rings. The van der Waals surface area contributed by atoms with Gasteiger partial charge in [-0.2, -0.15) is 0 Å². The Bertz CT molecular complexity index is 851. The number of ether oxygens (including phenoxy) is 1. The van der Waals surface area contributed by atoms with E-state index in [1.807, 2.05) is 0 Å². The predicted molar refractivity (Wildman–Crippen MR) is 93.3 cm³/mol. The second-order valence-electron chi connectivity index (χ2n) is 5.05. The highest BCUT2D eigenvalue weighted by Crippen LogP contribution is 2.39. The molecule has 0 aliphatic carbocycles. The lowest BCUT2D eigenvalue weighted by atomic mass is 9.92. The molecule has 1 aromatic carbocycles. The molecule has 0 spiro atoms. The van der Waals surface area contributed by atoms with Crippen LogP contribution < -0.4 is 0 Å². The number of pyridine rings is 1. The topological polar surface area (TPSA) is 96.7 Å². The third kappa shape index (κ3) is 3.61. The van der Waals surface area contributed by atoms with Crippen LogP contribution in [-0.2, 0) is 11.3 Å².